The van der Waals surface area contributed by atoms with Gasteiger partial charge in [0.2, 0.25) is 11.1 Å². The van der Waals surface area contributed by atoms with Gasteiger partial charge < -0.3 is 5.73 Å². The van der Waals surface area contributed by atoms with Gasteiger partial charge in [-0.15, -0.1) is 5.10 Å². The fraction of sp³-hybridized carbons (Fsp3) is 0.444. The molecule has 2 N–H and O–H groups in total. The fourth-order valence-corrected chi connectivity index (χ4v) is 5.54. The van der Waals surface area contributed by atoms with E-state index in [4.69, 9.17) is 5.73 Å². The van der Waals surface area contributed by atoms with E-state index in [-0.39, 0.29) is 17.6 Å². The Morgan fingerprint density at radius 3 is 2.25 bits per heavy atom. The molecule has 1 amide bonds. The summed E-state index contributed by atoms with van der Waals surface area (Å²) in [5.41, 5.74) is 7.14. The molecule has 0 saturated carbocycles. The smallest absolute Gasteiger partial charge is 0.231 e. The Morgan fingerprint density at radius 2 is 1.56 bits per heavy atom. The van der Waals surface area contributed by atoms with E-state index < -0.39 is 4.83 Å². The van der Waals surface area contributed by atoms with Gasteiger partial charge >= 0.3 is 0 Å². The van der Waals surface area contributed by atoms with E-state index in [2.05, 4.69) is 31.5 Å². The van der Waals surface area contributed by atoms with E-state index in [0.717, 1.165) is 47.8 Å². The van der Waals surface area contributed by atoms with Crippen LogP contribution in [0.2, 0.25) is 0 Å². The molecular weight excluding hydrogens is 538 g/mol. The molecule has 2 unspecified atom stereocenters. The Balaban J connectivity index is 1.32. The lowest BCUT2D eigenvalue weighted by Crippen LogP contribution is -2.26. The van der Waals surface area contributed by atoms with Crippen molar-refractivity contribution in [2.24, 2.45) is 11.7 Å². The number of nitrogens with zero attached hydrogens (tertiary/aromatic N) is 4. The van der Waals surface area contributed by atoms with Crippen LogP contribution in [-0.4, -0.2) is 42.5 Å². The van der Waals surface area contributed by atoms with Gasteiger partial charge in [-0.1, -0.05) is 108 Å². The minimum absolute atomic E-state index is 0.126. The highest BCUT2D eigenvalue weighted by Crippen LogP contribution is 2.25. The number of carbonyl (C=O) groups is 2. The van der Waals surface area contributed by atoms with E-state index in [0.29, 0.717) is 12.8 Å². The van der Waals surface area contributed by atoms with Gasteiger partial charge in [0.25, 0.3) is 0 Å². The van der Waals surface area contributed by atoms with Crippen LogP contribution in [0.3, 0.4) is 0 Å². The summed E-state index contributed by atoms with van der Waals surface area (Å²) >= 11 is 5.06. The number of hydrogen-bond donors (Lipinski definition) is 1. The molecule has 0 saturated heterocycles. The van der Waals surface area contributed by atoms with Crippen molar-refractivity contribution in [2.45, 2.75) is 67.8 Å². The standard InChI is InChI=1S/C27H34BrN5O2S/c28-24(26(29)35)19-21(20-25(34)22-14-8-5-9-15-22)13-7-3-1-2-4-12-18-36-27-30-31-32-33(27)23-16-10-6-11-17-23/h5-6,8-11,14-17,21,24H,1-4,7,12-13,18-20H2,(H2,29,35). The number of amides is 1. The summed E-state index contributed by atoms with van der Waals surface area (Å²) < 4.78 is 1.78. The number of tetrazole rings is 1. The summed E-state index contributed by atoms with van der Waals surface area (Å²) in [6, 6.07) is 19.3. The highest BCUT2D eigenvalue weighted by atomic mass is 79.9. The van der Waals surface area contributed by atoms with E-state index >= 15 is 0 Å². The number of hydrogen-bond acceptors (Lipinski definition) is 6. The first-order valence-electron chi connectivity index (χ1n) is 12.5. The molecule has 3 rings (SSSR count). The summed E-state index contributed by atoms with van der Waals surface area (Å²) in [5, 5.41) is 12.9. The Hall–Kier alpha value is -2.52. The highest BCUT2D eigenvalue weighted by Gasteiger charge is 2.21. The van der Waals surface area contributed by atoms with E-state index in [1.165, 1.54) is 19.3 Å². The zero-order valence-corrected chi connectivity index (χ0v) is 22.9. The number of alkyl halides is 1. The van der Waals surface area contributed by atoms with Crippen molar-refractivity contribution >= 4 is 39.4 Å². The molecular formula is C27H34BrN5O2S. The average molecular weight is 573 g/mol. The summed E-state index contributed by atoms with van der Waals surface area (Å²) in [7, 11) is 0. The number of thioether (sulfide) groups is 1. The molecule has 0 aliphatic carbocycles. The van der Waals surface area contributed by atoms with Crippen molar-refractivity contribution < 1.29 is 9.59 Å². The molecule has 0 aliphatic rings. The molecule has 0 radical (unpaired) electrons. The van der Waals surface area contributed by atoms with Gasteiger partial charge in [-0.05, 0) is 47.7 Å². The number of ketones is 1. The van der Waals surface area contributed by atoms with Crippen LogP contribution in [0.25, 0.3) is 5.69 Å². The van der Waals surface area contributed by atoms with Crippen LogP contribution in [0.4, 0.5) is 0 Å². The number of carbonyl (C=O) groups excluding carboxylic acids is 2. The molecule has 1 aromatic heterocycles. The number of unbranched alkanes of at least 4 members (excludes halogenated alkanes) is 5. The lowest BCUT2D eigenvalue weighted by molar-refractivity contribution is -0.117. The molecule has 9 heteroatoms. The van der Waals surface area contributed by atoms with Crippen molar-refractivity contribution in [2.75, 3.05) is 5.75 Å². The van der Waals surface area contributed by atoms with Crippen LogP contribution >= 0.6 is 27.7 Å². The van der Waals surface area contributed by atoms with E-state index in [9.17, 15) is 9.59 Å². The average Bonchev–Trinajstić information content (AvgIpc) is 3.37. The third-order valence-electron chi connectivity index (χ3n) is 6.10. The molecule has 36 heavy (non-hydrogen) atoms. The van der Waals surface area contributed by atoms with E-state index in [1.807, 2.05) is 60.7 Å². The van der Waals surface area contributed by atoms with Gasteiger partial charge in [-0.2, -0.15) is 4.68 Å². The molecule has 0 spiro atoms. The summed E-state index contributed by atoms with van der Waals surface area (Å²) in [4.78, 5) is 23.8. The lowest BCUT2D eigenvalue weighted by Gasteiger charge is -2.18. The maximum Gasteiger partial charge on any atom is 0.231 e. The fourth-order valence-electron chi connectivity index (χ4n) is 4.12. The first-order valence-corrected chi connectivity index (χ1v) is 14.4. The van der Waals surface area contributed by atoms with Gasteiger partial charge in [-0.3, -0.25) is 9.59 Å². The van der Waals surface area contributed by atoms with Crippen LogP contribution in [0, 0.1) is 5.92 Å². The van der Waals surface area contributed by atoms with Crippen LogP contribution in [0.15, 0.2) is 65.8 Å². The monoisotopic (exact) mass is 571 g/mol. The Morgan fingerprint density at radius 1 is 0.917 bits per heavy atom. The Labute approximate surface area is 225 Å². The molecule has 0 aliphatic heterocycles. The van der Waals surface area contributed by atoms with Crippen molar-refractivity contribution in [3.05, 3.63) is 66.2 Å². The SMILES string of the molecule is NC(=O)C(Br)CC(CCCCCCCCSc1nnnn1-c1ccccc1)CC(=O)c1ccccc1. The number of Topliss-reactive ketones (excluding diaryl/α,β-unsaturated/α-hetero) is 1. The number of benzene rings is 2. The van der Waals surface area contributed by atoms with Crippen molar-refractivity contribution in [3.63, 3.8) is 0 Å². The summed E-state index contributed by atoms with van der Waals surface area (Å²) in [5.74, 6) is 0.876. The molecule has 2 aromatic carbocycles. The maximum absolute atomic E-state index is 12.7. The summed E-state index contributed by atoms with van der Waals surface area (Å²) in [6.45, 7) is 0. The number of rotatable bonds is 17. The molecule has 7 nitrogen and oxygen atoms in total. The summed E-state index contributed by atoms with van der Waals surface area (Å²) in [6.07, 6.45) is 8.76. The maximum atomic E-state index is 12.7. The number of nitrogens with two attached hydrogens (primary N) is 1. The van der Waals surface area contributed by atoms with E-state index in [1.54, 1.807) is 16.4 Å². The topological polar surface area (TPSA) is 104 Å². The zero-order chi connectivity index (χ0) is 25.6. The molecule has 1 heterocycles. The van der Waals surface area contributed by atoms with Gasteiger partial charge in [0.05, 0.1) is 10.5 Å². The minimum atomic E-state index is -0.397. The Bertz CT molecular complexity index is 1060. The molecule has 0 bridgehead atoms. The quantitative estimate of drug-likeness (QED) is 0.0919. The minimum Gasteiger partial charge on any atom is -0.369 e. The Kier molecular flexibility index (Phi) is 12.1. The van der Waals surface area contributed by atoms with Gasteiger partial charge in [0.1, 0.15) is 0 Å². The zero-order valence-electron chi connectivity index (χ0n) is 20.5. The number of para-hydroxylation sites is 1. The number of halogens is 1. The van der Waals surface area contributed by atoms with Gasteiger partial charge in [-0.25, -0.2) is 0 Å². The van der Waals surface area contributed by atoms with Crippen LogP contribution in [-0.2, 0) is 4.79 Å². The predicted molar refractivity (Wildman–Crippen MR) is 148 cm³/mol. The van der Waals surface area contributed by atoms with Crippen LogP contribution in [0.5, 0.6) is 0 Å². The third kappa shape index (κ3) is 9.50. The second kappa shape index (κ2) is 15.6. The number of primary amides is 1. The number of aromatic nitrogens is 4. The lowest BCUT2D eigenvalue weighted by atomic mass is 9.89. The van der Waals surface area contributed by atoms with Crippen LogP contribution in [0.1, 0.15) is 68.1 Å². The first-order chi connectivity index (χ1) is 17.5. The molecule has 0 fully saturated rings. The molecule has 2 atom stereocenters. The third-order valence-corrected chi connectivity index (χ3v) is 7.93. The van der Waals surface area contributed by atoms with Gasteiger partial charge in [0, 0.05) is 17.7 Å². The van der Waals surface area contributed by atoms with Crippen molar-refractivity contribution in [1.82, 2.24) is 20.2 Å². The molecule has 3 aromatic rings. The second-order valence-electron chi connectivity index (χ2n) is 8.93. The highest BCUT2D eigenvalue weighted by molar-refractivity contribution is 9.10. The largest absolute Gasteiger partial charge is 0.369 e. The van der Waals surface area contributed by atoms with Crippen molar-refractivity contribution in [1.29, 1.82) is 0 Å². The normalized spacial score (nSPS) is 12.8. The molecule has 192 valence electrons. The van der Waals surface area contributed by atoms with Crippen molar-refractivity contribution in [3.8, 4) is 5.69 Å². The van der Waals surface area contributed by atoms with Gasteiger partial charge in [0.15, 0.2) is 5.78 Å². The second-order valence-corrected chi connectivity index (χ2v) is 11.1. The predicted octanol–water partition coefficient (Wildman–Crippen LogP) is 6.01. The first kappa shape index (κ1) is 28.1. The van der Waals surface area contributed by atoms with Crippen LogP contribution < -0.4 is 5.73 Å².